The number of fused-ring (bicyclic) bond motifs is 1. The van der Waals surface area contributed by atoms with Crippen LogP contribution in [0.25, 0.3) is 10.9 Å². The molecule has 3 N–H and O–H groups in total. The Morgan fingerprint density at radius 1 is 1.14 bits per heavy atom. The number of nitrogen functional groups attached to an aromatic ring is 1. The van der Waals surface area contributed by atoms with Gasteiger partial charge in [0.15, 0.2) is 0 Å². The van der Waals surface area contributed by atoms with Gasteiger partial charge in [-0.3, -0.25) is 9.78 Å². The van der Waals surface area contributed by atoms with E-state index in [9.17, 15) is 4.79 Å². The molecule has 0 saturated heterocycles. The number of aromatic nitrogens is 1. The molecule has 1 amide bonds. The zero-order chi connectivity index (χ0) is 14.8. The first-order valence-electron chi connectivity index (χ1n) is 6.34. The Kier molecular flexibility index (Phi) is 3.46. The van der Waals surface area contributed by atoms with E-state index in [-0.39, 0.29) is 5.91 Å². The van der Waals surface area contributed by atoms with Gasteiger partial charge in [0.25, 0.3) is 5.91 Å². The maximum Gasteiger partial charge on any atom is 0.255 e. The van der Waals surface area contributed by atoms with Gasteiger partial charge in [0.2, 0.25) is 0 Å². The number of nitrogens with two attached hydrogens (primary N) is 1. The van der Waals surface area contributed by atoms with Crippen LogP contribution in [0.4, 0.5) is 11.4 Å². The van der Waals surface area contributed by atoms with Gasteiger partial charge in [-0.15, -0.1) is 0 Å². The van der Waals surface area contributed by atoms with E-state index in [1.54, 1.807) is 36.5 Å². The minimum atomic E-state index is -0.207. The molecule has 5 heteroatoms. The summed E-state index contributed by atoms with van der Waals surface area (Å²) in [5, 5.41) is 4.12. The highest BCUT2D eigenvalue weighted by molar-refractivity contribution is 6.33. The van der Waals surface area contributed by atoms with Crippen LogP contribution in [0.2, 0.25) is 5.02 Å². The number of benzene rings is 2. The van der Waals surface area contributed by atoms with Crippen molar-refractivity contribution in [3.05, 3.63) is 65.3 Å². The van der Waals surface area contributed by atoms with Gasteiger partial charge in [-0.05, 0) is 42.5 Å². The number of carbonyl (C=O) groups excluding carboxylic acids is 1. The minimum Gasteiger partial charge on any atom is -0.398 e. The van der Waals surface area contributed by atoms with Crippen molar-refractivity contribution in [1.82, 2.24) is 4.98 Å². The van der Waals surface area contributed by atoms with E-state index >= 15 is 0 Å². The fraction of sp³-hybridized carbons (Fsp3) is 0. The number of carbonyl (C=O) groups is 1. The molecule has 4 nitrogen and oxygen atoms in total. The molecular formula is C16H12ClN3O. The topological polar surface area (TPSA) is 68.0 Å². The maximum absolute atomic E-state index is 12.2. The van der Waals surface area contributed by atoms with E-state index < -0.39 is 0 Å². The predicted octanol–water partition coefficient (Wildman–Crippen LogP) is 3.72. The number of pyridine rings is 1. The zero-order valence-electron chi connectivity index (χ0n) is 11.0. The number of hydrogen-bond donors (Lipinski definition) is 2. The third-order valence-corrected chi connectivity index (χ3v) is 3.45. The van der Waals surface area contributed by atoms with Gasteiger partial charge in [-0.2, -0.15) is 0 Å². The van der Waals surface area contributed by atoms with Crippen LogP contribution in [0, 0.1) is 0 Å². The summed E-state index contributed by atoms with van der Waals surface area (Å²) in [4.78, 5) is 16.5. The Hall–Kier alpha value is -2.59. The number of amides is 1. The molecule has 0 aliphatic rings. The molecule has 104 valence electrons. The summed E-state index contributed by atoms with van der Waals surface area (Å²) in [5.41, 5.74) is 8.13. The first kappa shape index (κ1) is 13.4. The van der Waals surface area contributed by atoms with E-state index in [4.69, 9.17) is 17.3 Å². The molecule has 0 saturated carbocycles. The van der Waals surface area contributed by atoms with Crippen LogP contribution in [-0.4, -0.2) is 10.9 Å². The molecule has 0 aliphatic carbocycles. The van der Waals surface area contributed by atoms with Crippen LogP contribution < -0.4 is 11.1 Å². The van der Waals surface area contributed by atoms with Crippen molar-refractivity contribution in [2.45, 2.75) is 0 Å². The molecule has 0 aliphatic heterocycles. The van der Waals surface area contributed by atoms with Crippen LogP contribution in [0.1, 0.15) is 10.4 Å². The van der Waals surface area contributed by atoms with E-state index in [2.05, 4.69) is 10.3 Å². The second-order valence-corrected chi connectivity index (χ2v) is 5.01. The average molecular weight is 298 g/mol. The minimum absolute atomic E-state index is 0.207. The molecule has 3 rings (SSSR count). The quantitative estimate of drug-likeness (QED) is 0.708. The lowest BCUT2D eigenvalue weighted by atomic mass is 10.1. The molecule has 1 heterocycles. The van der Waals surface area contributed by atoms with Crippen molar-refractivity contribution >= 4 is 39.8 Å². The molecule has 0 unspecified atom stereocenters. The van der Waals surface area contributed by atoms with Crippen LogP contribution >= 0.6 is 11.6 Å². The summed E-state index contributed by atoms with van der Waals surface area (Å²) in [5.74, 6) is -0.207. The summed E-state index contributed by atoms with van der Waals surface area (Å²) < 4.78 is 0. The van der Waals surface area contributed by atoms with Crippen LogP contribution in [0.3, 0.4) is 0 Å². The van der Waals surface area contributed by atoms with Gasteiger partial charge in [0.1, 0.15) is 0 Å². The lowest BCUT2D eigenvalue weighted by Gasteiger charge is -2.07. The Bertz CT molecular complexity index is 833. The highest BCUT2D eigenvalue weighted by Crippen LogP contribution is 2.23. The van der Waals surface area contributed by atoms with Gasteiger partial charge in [0, 0.05) is 22.8 Å². The number of nitrogens with one attached hydrogen (secondary N) is 1. The van der Waals surface area contributed by atoms with Crippen LogP contribution in [-0.2, 0) is 0 Å². The van der Waals surface area contributed by atoms with Crippen molar-refractivity contribution in [2.24, 2.45) is 0 Å². The van der Waals surface area contributed by atoms with E-state index in [0.717, 1.165) is 10.9 Å². The van der Waals surface area contributed by atoms with E-state index in [1.807, 2.05) is 18.2 Å². The van der Waals surface area contributed by atoms with Crippen LogP contribution in [0.15, 0.2) is 54.7 Å². The molecule has 0 atom stereocenters. The largest absolute Gasteiger partial charge is 0.398 e. The Morgan fingerprint density at radius 3 is 2.81 bits per heavy atom. The molecule has 0 bridgehead atoms. The smallest absolute Gasteiger partial charge is 0.255 e. The average Bonchev–Trinajstić information content (AvgIpc) is 2.50. The fourth-order valence-electron chi connectivity index (χ4n) is 2.03. The molecule has 0 spiro atoms. The summed E-state index contributed by atoms with van der Waals surface area (Å²) in [6.07, 6.45) is 1.72. The van der Waals surface area contributed by atoms with Gasteiger partial charge in [0.05, 0.1) is 16.2 Å². The summed E-state index contributed by atoms with van der Waals surface area (Å²) in [7, 11) is 0. The molecule has 1 aromatic heterocycles. The van der Waals surface area contributed by atoms with Crippen molar-refractivity contribution in [2.75, 3.05) is 11.1 Å². The molecule has 21 heavy (non-hydrogen) atoms. The van der Waals surface area contributed by atoms with Gasteiger partial charge >= 0.3 is 0 Å². The van der Waals surface area contributed by atoms with Gasteiger partial charge in [-0.25, -0.2) is 0 Å². The third kappa shape index (κ3) is 2.80. The molecular weight excluding hydrogens is 286 g/mol. The summed E-state index contributed by atoms with van der Waals surface area (Å²) >= 11 is 5.94. The fourth-order valence-corrected chi connectivity index (χ4v) is 2.21. The Morgan fingerprint density at radius 2 is 2.00 bits per heavy atom. The van der Waals surface area contributed by atoms with E-state index in [1.165, 1.54) is 0 Å². The van der Waals surface area contributed by atoms with Crippen molar-refractivity contribution in [3.8, 4) is 0 Å². The zero-order valence-corrected chi connectivity index (χ0v) is 11.8. The van der Waals surface area contributed by atoms with Crippen LogP contribution in [0.5, 0.6) is 0 Å². The second-order valence-electron chi connectivity index (χ2n) is 4.60. The normalized spacial score (nSPS) is 10.5. The Balaban J connectivity index is 1.87. The molecule has 0 radical (unpaired) electrons. The standard InChI is InChI=1S/C16H12ClN3O/c17-13-9-12(4-5-14(13)18)20-16(21)11-3-6-15-10(8-11)2-1-7-19-15/h1-9H,18H2,(H,20,21). The highest BCUT2D eigenvalue weighted by atomic mass is 35.5. The predicted molar refractivity (Wildman–Crippen MR) is 85.6 cm³/mol. The van der Waals surface area contributed by atoms with Crippen molar-refractivity contribution < 1.29 is 4.79 Å². The Labute approximate surface area is 126 Å². The lowest BCUT2D eigenvalue weighted by Crippen LogP contribution is -2.11. The maximum atomic E-state index is 12.2. The number of halogens is 1. The number of rotatable bonds is 2. The third-order valence-electron chi connectivity index (χ3n) is 3.12. The van der Waals surface area contributed by atoms with Crippen molar-refractivity contribution in [1.29, 1.82) is 0 Å². The van der Waals surface area contributed by atoms with Gasteiger partial charge in [-0.1, -0.05) is 17.7 Å². The first-order chi connectivity index (χ1) is 10.1. The van der Waals surface area contributed by atoms with Gasteiger partial charge < -0.3 is 11.1 Å². The summed E-state index contributed by atoms with van der Waals surface area (Å²) in [6.45, 7) is 0. The summed E-state index contributed by atoms with van der Waals surface area (Å²) in [6, 6.07) is 14.1. The molecule has 2 aromatic carbocycles. The van der Waals surface area contributed by atoms with E-state index in [0.29, 0.717) is 22.0 Å². The number of nitrogens with zero attached hydrogens (tertiary/aromatic N) is 1. The lowest BCUT2D eigenvalue weighted by molar-refractivity contribution is 0.102. The van der Waals surface area contributed by atoms with Crippen molar-refractivity contribution in [3.63, 3.8) is 0 Å². The number of hydrogen-bond acceptors (Lipinski definition) is 3. The molecule has 0 fully saturated rings. The first-order valence-corrected chi connectivity index (χ1v) is 6.72. The highest BCUT2D eigenvalue weighted by Gasteiger charge is 2.08. The second kappa shape index (κ2) is 5.42. The SMILES string of the molecule is Nc1ccc(NC(=O)c2ccc3ncccc3c2)cc1Cl. The monoisotopic (exact) mass is 297 g/mol. The number of anilines is 2. The molecule has 3 aromatic rings.